The third kappa shape index (κ3) is 2.80. The van der Waals surface area contributed by atoms with Crippen LogP contribution in [0.5, 0.6) is 0 Å². The predicted octanol–water partition coefficient (Wildman–Crippen LogP) is 4.95. The standard InChI is InChI=1S/C24H38O4/c1-4-19-21-15-10-17(22(21)20(5-2)28-19)18(11-15)23(25)26-13-27-24(6-3)12-14-7-8-16(24)9-14/h14-22H,4-13H2,1-3H3. The van der Waals surface area contributed by atoms with Crippen LogP contribution in [0.2, 0.25) is 0 Å². The van der Waals surface area contributed by atoms with Crippen molar-refractivity contribution in [1.82, 2.24) is 0 Å². The molecule has 0 N–H and O–H groups in total. The quantitative estimate of drug-likeness (QED) is 0.456. The summed E-state index contributed by atoms with van der Waals surface area (Å²) in [5, 5.41) is 0. The van der Waals surface area contributed by atoms with Crippen LogP contribution in [0.3, 0.4) is 0 Å². The Bertz CT molecular complexity index is 605. The maximum Gasteiger partial charge on any atom is 0.311 e. The Balaban J connectivity index is 1.18. The van der Waals surface area contributed by atoms with E-state index in [1.165, 1.54) is 25.7 Å². The van der Waals surface area contributed by atoms with Gasteiger partial charge in [0, 0.05) is 0 Å². The van der Waals surface area contributed by atoms with Gasteiger partial charge in [0.05, 0.1) is 23.7 Å². The van der Waals surface area contributed by atoms with E-state index in [2.05, 4.69) is 20.8 Å². The highest BCUT2D eigenvalue weighted by molar-refractivity contribution is 5.73. The lowest BCUT2D eigenvalue weighted by Crippen LogP contribution is -2.40. The topological polar surface area (TPSA) is 44.8 Å². The first kappa shape index (κ1) is 19.4. The van der Waals surface area contributed by atoms with Crippen molar-refractivity contribution in [2.45, 2.75) is 96.4 Å². The summed E-state index contributed by atoms with van der Waals surface area (Å²) < 4.78 is 18.4. The van der Waals surface area contributed by atoms with Gasteiger partial charge in [-0.2, -0.15) is 0 Å². The molecule has 1 aliphatic heterocycles. The van der Waals surface area contributed by atoms with Crippen LogP contribution in [0, 0.1) is 41.4 Å². The Morgan fingerprint density at radius 1 is 1.04 bits per heavy atom. The first-order chi connectivity index (χ1) is 13.6. The average Bonchev–Trinajstić information content (AvgIpc) is 3.51. The fraction of sp³-hybridized carbons (Fsp3) is 0.958. The zero-order chi connectivity index (χ0) is 19.5. The molecule has 10 atom stereocenters. The van der Waals surface area contributed by atoms with Crippen molar-refractivity contribution in [3.63, 3.8) is 0 Å². The summed E-state index contributed by atoms with van der Waals surface area (Å²) in [6.07, 6.45) is 11.3. The maximum absolute atomic E-state index is 13.0. The molecule has 0 spiro atoms. The van der Waals surface area contributed by atoms with Gasteiger partial charge in [-0.3, -0.25) is 4.79 Å². The molecule has 0 radical (unpaired) electrons. The molecule has 0 aromatic heterocycles. The van der Waals surface area contributed by atoms with Gasteiger partial charge in [0.2, 0.25) is 0 Å². The highest BCUT2D eigenvalue weighted by Gasteiger charge is 2.62. The van der Waals surface area contributed by atoms with Crippen molar-refractivity contribution in [1.29, 1.82) is 0 Å². The Labute approximate surface area is 170 Å². The molecule has 4 bridgehead atoms. The summed E-state index contributed by atoms with van der Waals surface area (Å²) in [5.41, 5.74) is -0.0239. The van der Waals surface area contributed by atoms with Gasteiger partial charge in [-0.25, -0.2) is 0 Å². The smallest absolute Gasteiger partial charge is 0.311 e. The molecular weight excluding hydrogens is 352 g/mol. The molecule has 0 amide bonds. The third-order valence-corrected chi connectivity index (χ3v) is 9.51. The van der Waals surface area contributed by atoms with Crippen LogP contribution in [0.15, 0.2) is 0 Å². The zero-order valence-electron chi connectivity index (χ0n) is 17.9. The highest BCUT2D eigenvalue weighted by Crippen LogP contribution is 2.62. The summed E-state index contributed by atoms with van der Waals surface area (Å²) in [6, 6.07) is 0. The Kier molecular flexibility index (Phi) is 5.02. The van der Waals surface area contributed by atoms with Gasteiger partial charge in [-0.15, -0.1) is 0 Å². The first-order valence-electron chi connectivity index (χ1n) is 12.1. The molecule has 1 saturated heterocycles. The maximum atomic E-state index is 13.0. The van der Waals surface area contributed by atoms with Gasteiger partial charge in [-0.05, 0) is 93.3 Å². The second kappa shape index (κ2) is 7.27. The normalized spacial score (nSPS) is 51.0. The summed E-state index contributed by atoms with van der Waals surface area (Å²) in [7, 11) is 0. The van der Waals surface area contributed by atoms with Gasteiger partial charge in [0.1, 0.15) is 0 Å². The largest absolute Gasteiger partial charge is 0.438 e. The number of esters is 1. The zero-order valence-corrected chi connectivity index (χ0v) is 17.9. The van der Waals surface area contributed by atoms with Gasteiger partial charge in [-0.1, -0.05) is 20.8 Å². The van der Waals surface area contributed by atoms with Gasteiger partial charge in [0.15, 0.2) is 6.79 Å². The number of ether oxygens (including phenoxy) is 3. The van der Waals surface area contributed by atoms with Crippen molar-refractivity contribution in [3.05, 3.63) is 0 Å². The van der Waals surface area contributed by atoms with Crippen molar-refractivity contribution >= 4 is 5.97 Å². The molecule has 5 rings (SSSR count). The van der Waals surface area contributed by atoms with E-state index in [1.807, 2.05) is 0 Å². The number of rotatable bonds is 7. The Morgan fingerprint density at radius 3 is 2.46 bits per heavy atom. The summed E-state index contributed by atoms with van der Waals surface area (Å²) in [4.78, 5) is 13.0. The minimum Gasteiger partial charge on any atom is -0.438 e. The van der Waals surface area contributed by atoms with Gasteiger partial charge in [0.25, 0.3) is 0 Å². The summed E-state index contributed by atoms with van der Waals surface area (Å²) in [5.74, 6) is 3.95. The van der Waals surface area contributed by atoms with E-state index in [4.69, 9.17) is 14.2 Å². The van der Waals surface area contributed by atoms with E-state index < -0.39 is 0 Å². The summed E-state index contributed by atoms with van der Waals surface area (Å²) >= 11 is 0. The van der Waals surface area contributed by atoms with Crippen molar-refractivity contribution in [2.75, 3.05) is 6.79 Å². The minimum absolute atomic E-state index is 0.00448. The van der Waals surface area contributed by atoms with E-state index in [9.17, 15) is 4.79 Å². The SMILES string of the molecule is CCC1OC(CC)C2C3CC(CC3C(=O)OCOC3(CC)CC4CCC3C4)C12. The molecular formula is C24H38O4. The molecule has 10 unspecified atom stereocenters. The highest BCUT2D eigenvalue weighted by atomic mass is 16.7. The first-order valence-corrected chi connectivity index (χ1v) is 12.1. The predicted molar refractivity (Wildman–Crippen MR) is 106 cm³/mol. The second-order valence-electron chi connectivity index (χ2n) is 10.4. The number of hydrogen-bond donors (Lipinski definition) is 0. The molecule has 4 nitrogen and oxygen atoms in total. The fourth-order valence-corrected chi connectivity index (χ4v) is 8.36. The number of fused-ring (bicyclic) bond motifs is 7. The van der Waals surface area contributed by atoms with Crippen LogP contribution >= 0.6 is 0 Å². The average molecular weight is 391 g/mol. The van der Waals surface area contributed by atoms with E-state index in [0.717, 1.165) is 38.0 Å². The van der Waals surface area contributed by atoms with Crippen LogP contribution in [-0.2, 0) is 19.0 Å². The molecule has 1 heterocycles. The molecule has 0 aromatic carbocycles. The minimum atomic E-state index is -0.0239. The third-order valence-electron chi connectivity index (χ3n) is 9.51. The summed E-state index contributed by atoms with van der Waals surface area (Å²) in [6.45, 7) is 6.86. The number of carbonyl (C=O) groups excluding carboxylic acids is 1. The van der Waals surface area contributed by atoms with E-state index in [-0.39, 0.29) is 24.3 Å². The molecule has 4 aliphatic carbocycles. The van der Waals surface area contributed by atoms with Crippen LogP contribution < -0.4 is 0 Å². The number of carbonyl (C=O) groups is 1. The molecule has 5 aliphatic rings. The van der Waals surface area contributed by atoms with E-state index in [0.29, 0.717) is 41.8 Å². The molecule has 0 aromatic rings. The van der Waals surface area contributed by atoms with Gasteiger partial charge < -0.3 is 14.2 Å². The molecule has 4 saturated carbocycles. The van der Waals surface area contributed by atoms with Crippen LogP contribution in [-0.4, -0.2) is 30.6 Å². The molecule has 158 valence electrons. The lowest BCUT2D eigenvalue weighted by atomic mass is 9.70. The fourth-order valence-electron chi connectivity index (χ4n) is 8.36. The lowest BCUT2D eigenvalue weighted by Gasteiger charge is -2.37. The Hall–Kier alpha value is -0.610. The van der Waals surface area contributed by atoms with Crippen molar-refractivity contribution in [3.8, 4) is 0 Å². The van der Waals surface area contributed by atoms with E-state index in [1.54, 1.807) is 0 Å². The van der Waals surface area contributed by atoms with Crippen molar-refractivity contribution < 1.29 is 19.0 Å². The second-order valence-corrected chi connectivity index (χ2v) is 10.4. The molecule has 5 fully saturated rings. The lowest BCUT2D eigenvalue weighted by molar-refractivity contribution is -0.188. The van der Waals surface area contributed by atoms with Crippen LogP contribution in [0.25, 0.3) is 0 Å². The van der Waals surface area contributed by atoms with E-state index >= 15 is 0 Å². The van der Waals surface area contributed by atoms with Crippen molar-refractivity contribution in [2.24, 2.45) is 41.4 Å². The molecule has 4 heteroatoms. The van der Waals surface area contributed by atoms with Crippen LogP contribution in [0.4, 0.5) is 0 Å². The van der Waals surface area contributed by atoms with Gasteiger partial charge >= 0.3 is 5.97 Å². The number of hydrogen-bond acceptors (Lipinski definition) is 4. The Morgan fingerprint density at radius 2 is 1.82 bits per heavy atom. The monoisotopic (exact) mass is 390 g/mol. The van der Waals surface area contributed by atoms with Crippen LogP contribution in [0.1, 0.15) is 78.6 Å². The molecule has 28 heavy (non-hydrogen) atoms.